The van der Waals surface area contributed by atoms with Gasteiger partial charge in [-0.05, 0) is 48.7 Å². The van der Waals surface area contributed by atoms with Crippen LogP contribution in [0.5, 0.6) is 5.75 Å². The van der Waals surface area contributed by atoms with Crippen LogP contribution in [0.1, 0.15) is 22.3 Å². The first-order chi connectivity index (χ1) is 15.9. The molecule has 0 heterocycles. The third-order valence-electron chi connectivity index (χ3n) is 5.66. The molecule has 0 aromatic heterocycles. The number of hydrogen-bond acceptors (Lipinski definition) is 3. The fraction of sp³-hybridized carbons (Fsp3) is 0.259. The molecule has 3 aromatic carbocycles. The summed E-state index contributed by atoms with van der Waals surface area (Å²) >= 11 is 0. The van der Waals surface area contributed by atoms with Gasteiger partial charge in [-0.3, -0.25) is 9.59 Å². The lowest BCUT2D eigenvalue weighted by Gasteiger charge is -2.31. The van der Waals surface area contributed by atoms with Gasteiger partial charge in [-0.25, -0.2) is 4.39 Å². The lowest BCUT2D eigenvalue weighted by atomic mass is 10.0. The minimum Gasteiger partial charge on any atom is -0.484 e. The molecule has 2 amide bonds. The zero-order chi connectivity index (χ0) is 23.8. The number of hydrogen-bond donors (Lipinski definition) is 1. The van der Waals surface area contributed by atoms with Gasteiger partial charge in [0.1, 0.15) is 17.6 Å². The summed E-state index contributed by atoms with van der Waals surface area (Å²) in [5.74, 6) is -0.590. The second-order valence-electron chi connectivity index (χ2n) is 7.97. The Labute approximate surface area is 194 Å². The van der Waals surface area contributed by atoms with Crippen molar-refractivity contribution in [3.63, 3.8) is 0 Å². The van der Waals surface area contributed by atoms with E-state index in [-0.39, 0.29) is 19.1 Å². The van der Waals surface area contributed by atoms with Gasteiger partial charge in [0.15, 0.2) is 6.61 Å². The number of benzene rings is 3. The molecule has 0 saturated carbocycles. The second kappa shape index (κ2) is 11.3. The van der Waals surface area contributed by atoms with Crippen molar-refractivity contribution in [3.05, 3.63) is 101 Å². The van der Waals surface area contributed by atoms with Gasteiger partial charge < -0.3 is 15.0 Å². The van der Waals surface area contributed by atoms with E-state index < -0.39 is 17.8 Å². The van der Waals surface area contributed by atoms with Crippen molar-refractivity contribution in [2.24, 2.45) is 0 Å². The lowest BCUT2D eigenvalue weighted by molar-refractivity contribution is -0.142. The summed E-state index contributed by atoms with van der Waals surface area (Å²) in [4.78, 5) is 27.6. The standard InChI is InChI=1S/C27H29FN2O3/c1-19-13-14-23(15-20(19)2)33-18-26(31)30(17-22-11-7-8-12-24(22)28)25(27(32)29-3)16-21-9-5-4-6-10-21/h4-15,25H,16-18H2,1-3H3,(H,29,32)/t25-/m1/s1. The maximum atomic E-state index is 14.4. The molecule has 0 saturated heterocycles. The summed E-state index contributed by atoms with van der Waals surface area (Å²) in [7, 11) is 1.53. The van der Waals surface area contributed by atoms with Crippen LogP contribution in [0.3, 0.4) is 0 Å². The molecule has 5 nitrogen and oxygen atoms in total. The minimum atomic E-state index is -0.826. The van der Waals surface area contributed by atoms with E-state index >= 15 is 0 Å². The molecule has 0 aliphatic heterocycles. The van der Waals surface area contributed by atoms with Crippen molar-refractivity contribution < 1.29 is 18.7 Å². The summed E-state index contributed by atoms with van der Waals surface area (Å²) in [5.41, 5.74) is 3.40. The molecule has 0 bridgehead atoms. The van der Waals surface area contributed by atoms with E-state index in [0.29, 0.717) is 17.7 Å². The van der Waals surface area contributed by atoms with Gasteiger partial charge in [-0.2, -0.15) is 0 Å². The van der Waals surface area contributed by atoms with Crippen molar-refractivity contribution >= 4 is 11.8 Å². The van der Waals surface area contributed by atoms with Gasteiger partial charge in [0.2, 0.25) is 5.91 Å². The van der Waals surface area contributed by atoms with Crippen molar-refractivity contribution in [3.8, 4) is 5.75 Å². The zero-order valence-corrected chi connectivity index (χ0v) is 19.2. The van der Waals surface area contributed by atoms with Gasteiger partial charge in [-0.1, -0.05) is 54.6 Å². The molecule has 0 radical (unpaired) electrons. The second-order valence-corrected chi connectivity index (χ2v) is 7.97. The monoisotopic (exact) mass is 448 g/mol. The first-order valence-electron chi connectivity index (χ1n) is 10.9. The van der Waals surface area contributed by atoms with E-state index in [2.05, 4.69) is 5.32 Å². The number of aryl methyl sites for hydroxylation is 2. The number of carbonyl (C=O) groups is 2. The van der Waals surface area contributed by atoms with E-state index in [4.69, 9.17) is 4.74 Å². The normalized spacial score (nSPS) is 11.5. The summed E-state index contributed by atoms with van der Waals surface area (Å²) < 4.78 is 20.2. The van der Waals surface area contributed by atoms with Crippen molar-refractivity contribution in [1.82, 2.24) is 10.2 Å². The van der Waals surface area contributed by atoms with Gasteiger partial charge in [0.25, 0.3) is 5.91 Å². The molecule has 0 spiro atoms. The minimum absolute atomic E-state index is 0.0489. The number of likely N-dealkylation sites (N-methyl/N-ethyl adjacent to an activating group) is 1. The molecular weight excluding hydrogens is 419 g/mol. The highest BCUT2D eigenvalue weighted by Gasteiger charge is 2.30. The molecule has 1 atom stereocenters. The maximum Gasteiger partial charge on any atom is 0.261 e. The van der Waals surface area contributed by atoms with Gasteiger partial charge in [-0.15, -0.1) is 0 Å². The first kappa shape index (κ1) is 24.0. The van der Waals surface area contributed by atoms with E-state index in [1.165, 1.54) is 18.0 Å². The quantitative estimate of drug-likeness (QED) is 0.534. The number of amides is 2. The lowest BCUT2D eigenvalue weighted by Crippen LogP contribution is -2.51. The fourth-order valence-electron chi connectivity index (χ4n) is 3.56. The molecule has 6 heteroatoms. The van der Waals surface area contributed by atoms with E-state index in [0.717, 1.165) is 16.7 Å². The van der Waals surface area contributed by atoms with Gasteiger partial charge in [0.05, 0.1) is 0 Å². The molecule has 0 unspecified atom stereocenters. The molecule has 1 N–H and O–H groups in total. The zero-order valence-electron chi connectivity index (χ0n) is 19.2. The molecule has 172 valence electrons. The molecule has 0 aliphatic carbocycles. The smallest absolute Gasteiger partial charge is 0.261 e. The highest BCUT2D eigenvalue weighted by Crippen LogP contribution is 2.19. The van der Waals surface area contributed by atoms with Crippen molar-refractivity contribution in [1.29, 1.82) is 0 Å². The van der Waals surface area contributed by atoms with Crippen LogP contribution in [0.2, 0.25) is 0 Å². The van der Waals surface area contributed by atoms with Crippen LogP contribution in [-0.4, -0.2) is 36.4 Å². The van der Waals surface area contributed by atoms with Gasteiger partial charge >= 0.3 is 0 Å². The maximum absolute atomic E-state index is 14.4. The van der Waals surface area contributed by atoms with Crippen LogP contribution in [0.15, 0.2) is 72.8 Å². The topological polar surface area (TPSA) is 58.6 Å². The fourth-order valence-corrected chi connectivity index (χ4v) is 3.56. The summed E-state index contributed by atoms with van der Waals surface area (Å²) in [6.07, 6.45) is 0.296. The summed E-state index contributed by atoms with van der Waals surface area (Å²) in [6, 6.07) is 20.5. The Kier molecular flexibility index (Phi) is 8.19. The number of carbonyl (C=O) groups excluding carboxylic acids is 2. The Morgan fingerprint density at radius 2 is 1.67 bits per heavy atom. The molecule has 0 fully saturated rings. The third-order valence-corrected chi connectivity index (χ3v) is 5.66. The SMILES string of the molecule is CNC(=O)[C@@H](Cc1ccccc1)N(Cc1ccccc1F)C(=O)COc1ccc(C)c(C)c1. The Bertz CT molecular complexity index is 1100. The van der Waals surface area contributed by atoms with E-state index in [1.54, 1.807) is 24.3 Å². The van der Waals surface area contributed by atoms with Crippen LogP contribution in [-0.2, 0) is 22.6 Å². The Balaban J connectivity index is 1.88. The predicted octanol–water partition coefficient (Wildman–Crippen LogP) is 4.21. The Morgan fingerprint density at radius 3 is 2.33 bits per heavy atom. The average molecular weight is 449 g/mol. The molecule has 3 aromatic rings. The largest absolute Gasteiger partial charge is 0.484 e. The van der Waals surface area contributed by atoms with Crippen LogP contribution < -0.4 is 10.1 Å². The summed E-state index contributed by atoms with van der Waals surface area (Å²) in [6.45, 7) is 3.65. The predicted molar refractivity (Wildman–Crippen MR) is 126 cm³/mol. The van der Waals surface area contributed by atoms with Gasteiger partial charge in [0, 0.05) is 25.6 Å². The molecule has 33 heavy (non-hydrogen) atoms. The van der Waals surface area contributed by atoms with E-state index in [9.17, 15) is 14.0 Å². The Hall–Kier alpha value is -3.67. The summed E-state index contributed by atoms with van der Waals surface area (Å²) in [5, 5.41) is 2.64. The number of nitrogens with one attached hydrogen (secondary N) is 1. The van der Waals surface area contributed by atoms with Crippen LogP contribution in [0.4, 0.5) is 4.39 Å². The highest BCUT2D eigenvalue weighted by molar-refractivity contribution is 5.88. The Morgan fingerprint density at radius 1 is 0.970 bits per heavy atom. The van der Waals surface area contributed by atoms with Crippen LogP contribution in [0, 0.1) is 19.7 Å². The van der Waals surface area contributed by atoms with Crippen LogP contribution in [0.25, 0.3) is 0 Å². The number of nitrogens with zero attached hydrogens (tertiary/aromatic N) is 1. The molecule has 3 rings (SSSR count). The number of halogens is 1. The first-order valence-corrected chi connectivity index (χ1v) is 10.9. The van der Waals surface area contributed by atoms with Crippen molar-refractivity contribution in [2.75, 3.05) is 13.7 Å². The molecule has 0 aliphatic rings. The van der Waals surface area contributed by atoms with Crippen LogP contribution >= 0.6 is 0 Å². The molecular formula is C27H29FN2O3. The van der Waals surface area contributed by atoms with Crippen molar-refractivity contribution in [2.45, 2.75) is 32.9 Å². The van der Waals surface area contributed by atoms with E-state index in [1.807, 2.05) is 56.3 Å². The number of ether oxygens (including phenoxy) is 1. The number of rotatable bonds is 9. The average Bonchev–Trinajstić information content (AvgIpc) is 2.83. The third kappa shape index (κ3) is 6.42. The highest BCUT2D eigenvalue weighted by atomic mass is 19.1.